The van der Waals surface area contributed by atoms with Gasteiger partial charge in [-0.25, -0.2) is 4.98 Å². The molecule has 4 nitrogen and oxygen atoms in total. The molecule has 1 amide bonds. The zero-order valence-corrected chi connectivity index (χ0v) is 10.8. The zero-order valence-electron chi connectivity index (χ0n) is 10.0. The van der Waals surface area contributed by atoms with E-state index >= 15 is 0 Å². The van der Waals surface area contributed by atoms with Gasteiger partial charge in [-0.3, -0.25) is 4.79 Å². The number of halogens is 3. The average Bonchev–Trinajstić information content (AvgIpc) is 2.41. The number of anilines is 1. The Balaban J connectivity index is 2.08. The van der Waals surface area contributed by atoms with Gasteiger partial charge in [0.15, 0.2) is 5.82 Å². The Morgan fingerprint density at radius 3 is 2.55 bits per heavy atom. The van der Waals surface area contributed by atoms with Gasteiger partial charge in [0.05, 0.1) is 5.02 Å². The van der Waals surface area contributed by atoms with Gasteiger partial charge < -0.3 is 10.1 Å². The molecule has 2 aromatic rings. The molecule has 0 saturated carbocycles. The van der Waals surface area contributed by atoms with Crippen LogP contribution in [0.15, 0.2) is 42.6 Å². The van der Waals surface area contributed by atoms with E-state index in [1.165, 1.54) is 30.5 Å². The van der Waals surface area contributed by atoms with Crippen LogP contribution in [0.25, 0.3) is 0 Å². The van der Waals surface area contributed by atoms with Gasteiger partial charge in [-0.15, -0.1) is 0 Å². The summed E-state index contributed by atoms with van der Waals surface area (Å²) in [5.74, 6) is -0.242. The number of rotatable bonds is 4. The van der Waals surface area contributed by atoms with E-state index in [2.05, 4.69) is 15.0 Å². The van der Waals surface area contributed by atoms with Gasteiger partial charge in [0.1, 0.15) is 5.75 Å². The van der Waals surface area contributed by atoms with Crippen LogP contribution in [-0.2, 0) is 0 Å². The van der Waals surface area contributed by atoms with Crippen LogP contribution < -0.4 is 10.1 Å². The summed E-state index contributed by atoms with van der Waals surface area (Å²) in [7, 11) is 0. The summed E-state index contributed by atoms with van der Waals surface area (Å²) in [6.45, 7) is -2.90. The first kappa shape index (κ1) is 14.2. The van der Waals surface area contributed by atoms with Crippen molar-refractivity contribution < 1.29 is 18.3 Å². The second kappa shape index (κ2) is 6.29. The third-order valence-electron chi connectivity index (χ3n) is 2.33. The maximum absolute atomic E-state index is 12.0. The van der Waals surface area contributed by atoms with Gasteiger partial charge in [0, 0.05) is 11.8 Å². The van der Waals surface area contributed by atoms with Crippen LogP contribution in [-0.4, -0.2) is 17.5 Å². The third-order valence-corrected chi connectivity index (χ3v) is 2.64. The fourth-order valence-corrected chi connectivity index (χ4v) is 1.61. The molecule has 104 valence electrons. The maximum Gasteiger partial charge on any atom is 0.387 e. The van der Waals surface area contributed by atoms with Crippen LogP contribution >= 0.6 is 11.6 Å². The molecule has 0 aliphatic carbocycles. The molecule has 0 bridgehead atoms. The molecular formula is C13H9ClF2N2O2. The van der Waals surface area contributed by atoms with Crippen molar-refractivity contribution in [1.82, 2.24) is 4.98 Å². The highest BCUT2D eigenvalue weighted by Gasteiger charge is 2.10. The van der Waals surface area contributed by atoms with E-state index < -0.39 is 12.5 Å². The number of hydrogen-bond donors (Lipinski definition) is 1. The predicted octanol–water partition coefficient (Wildman–Crippen LogP) is 3.59. The van der Waals surface area contributed by atoms with E-state index in [0.29, 0.717) is 5.02 Å². The quantitative estimate of drug-likeness (QED) is 0.938. The normalized spacial score (nSPS) is 10.4. The first-order valence-corrected chi connectivity index (χ1v) is 5.91. The highest BCUT2D eigenvalue weighted by atomic mass is 35.5. The number of hydrogen-bond acceptors (Lipinski definition) is 3. The maximum atomic E-state index is 12.0. The highest BCUT2D eigenvalue weighted by Crippen LogP contribution is 2.19. The number of carbonyl (C=O) groups is 1. The predicted molar refractivity (Wildman–Crippen MR) is 70.3 cm³/mol. The van der Waals surface area contributed by atoms with Crippen molar-refractivity contribution >= 4 is 23.3 Å². The van der Waals surface area contributed by atoms with E-state index in [1.807, 2.05) is 0 Å². The van der Waals surface area contributed by atoms with Crippen LogP contribution in [0.2, 0.25) is 5.02 Å². The van der Waals surface area contributed by atoms with Gasteiger partial charge in [0.25, 0.3) is 5.91 Å². The molecule has 1 aromatic heterocycles. The van der Waals surface area contributed by atoms with Gasteiger partial charge in [-0.1, -0.05) is 11.6 Å². The summed E-state index contributed by atoms with van der Waals surface area (Å²) >= 11 is 5.86. The molecule has 0 unspecified atom stereocenters. The Bertz CT molecular complexity index is 606. The fraction of sp³-hybridized carbons (Fsp3) is 0.0769. The van der Waals surface area contributed by atoms with Gasteiger partial charge in [0.2, 0.25) is 0 Å². The number of aromatic nitrogens is 1. The molecule has 0 radical (unpaired) electrons. The summed E-state index contributed by atoms with van der Waals surface area (Å²) < 4.78 is 28.2. The molecule has 1 aromatic carbocycles. The van der Waals surface area contributed by atoms with E-state index in [9.17, 15) is 13.6 Å². The Kier molecular flexibility index (Phi) is 4.47. The summed E-state index contributed by atoms with van der Waals surface area (Å²) in [6.07, 6.45) is 1.49. The van der Waals surface area contributed by atoms with E-state index in [4.69, 9.17) is 11.6 Å². The van der Waals surface area contributed by atoms with E-state index in [1.54, 1.807) is 12.1 Å². The summed E-state index contributed by atoms with van der Waals surface area (Å²) in [5, 5.41) is 2.82. The zero-order chi connectivity index (χ0) is 14.5. The van der Waals surface area contributed by atoms with Crippen LogP contribution in [0.3, 0.4) is 0 Å². The molecular weight excluding hydrogens is 290 g/mol. The molecule has 1 heterocycles. The Morgan fingerprint density at radius 2 is 1.95 bits per heavy atom. The number of pyridine rings is 1. The number of nitrogens with zero attached hydrogens (tertiary/aromatic N) is 1. The minimum Gasteiger partial charge on any atom is -0.435 e. The molecule has 0 aliphatic rings. The molecule has 0 atom stereocenters. The first-order valence-electron chi connectivity index (χ1n) is 5.53. The molecule has 20 heavy (non-hydrogen) atoms. The minimum absolute atomic E-state index is 0.0209. The SMILES string of the molecule is O=C(Nc1ncccc1Cl)c1ccc(OC(F)F)cc1. The topological polar surface area (TPSA) is 51.2 Å². The highest BCUT2D eigenvalue weighted by molar-refractivity contribution is 6.33. The second-order valence-corrected chi connectivity index (χ2v) is 4.10. The monoisotopic (exact) mass is 298 g/mol. The largest absolute Gasteiger partial charge is 0.435 e. The van der Waals surface area contributed by atoms with Crippen molar-refractivity contribution in [2.24, 2.45) is 0 Å². The van der Waals surface area contributed by atoms with Crippen LogP contribution in [0.4, 0.5) is 14.6 Å². The van der Waals surface area contributed by atoms with E-state index in [-0.39, 0.29) is 17.1 Å². The summed E-state index contributed by atoms with van der Waals surface area (Å²) in [4.78, 5) is 15.8. The Morgan fingerprint density at radius 1 is 1.25 bits per heavy atom. The van der Waals surface area contributed by atoms with Gasteiger partial charge in [-0.2, -0.15) is 8.78 Å². The van der Waals surface area contributed by atoms with Gasteiger partial charge >= 0.3 is 6.61 Å². The number of benzene rings is 1. The standard InChI is InChI=1S/C13H9ClF2N2O2/c14-10-2-1-7-17-11(10)18-12(19)8-3-5-9(6-4-8)20-13(15)16/h1-7,13H,(H,17,18,19). The number of amides is 1. The van der Waals surface area contributed by atoms with Crippen LogP contribution in [0, 0.1) is 0 Å². The lowest BCUT2D eigenvalue weighted by molar-refractivity contribution is -0.0498. The Labute approximate surface area is 118 Å². The van der Waals surface area contributed by atoms with Crippen molar-refractivity contribution in [2.75, 3.05) is 5.32 Å². The first-order chi connectivity index (χ1) is 9.56. The van der Waals surface area contributed by atoms with Crippen LogP contribution in [0.5, 0.6) is 5.75 Å². The number of nitrogens with one attached hydrogen (secondary N) is 1. The average molecular weight is 299 g/mol. The molecule has 0 spiro atoms. The van der Waals surface area contributed by atoms with Crippen molar-refractivity contribution in [1.29, 1.82) is 0 Å². The van der Waals surface area contributed by atoms with Crippen LogP contribution in [0.1, 0.15) is 10.4 Å². The van der Waals surface area contributed by atoms with Crippen molar-refractivity contribution in [2.45, 2.75) is 6.61 Å². The third kappa shape index (κ3) is 3.64. The minimum atomic E-state index is -2.90. The second-order valence-electron chi connectivity index (χ2n) is 3.69. The van der Waals surface area contributed by atoms with Crippen molar-refractivity contribution in [3.63, 3.8) is 0 Å². The van der Waals surface area contributed by atoms with Crippen molar-refractivity contribution in [3.8, 4) is 5.75 Å². The molecule has 0 saturated heterocycles. The number of ether oxygens (including phenoxy) is 1. The molecule has 2 rings (SSSR count). The summed E-state index contributed by atoms with van der Waals surface area (Å²) in [6, 6.07) is 8.51. The Hall–Kier alpha value is -2.21. The number of alkyl halides is 2. The fourth-order valence-electron chi connectivity index (χ4n) is 1.45. The number of carbonyl (C=O) groups excluding carboxylic acids is 1. The van der Waals surface area contributed by atoms with Gasteiger partial charge in [-0.05, 0) is 36.4 Å². The molecule has 7 heteroatoms. The van der Waals surface area contributed by atoms with Crippen molar-refractivity contribution in [3.05, 3.63) is 53.2 Å². The van der Waals surface area contributed by atoms with E-state index in [0.717, 1.165) is 0 Å². The molecule has 0 aliphatic heterocycles. The molecule has 0 fully saturated rings. The smallest absolute Gasteiger partial charge is 0.387 e. The lowest BCUT2D eigenvalue weighted by Crippen LogP contribution is -2.13. The molecule has 1 N–H and O–H groups in total. The lowest BCUT2D eigenvalue weighted by atomic mass is 10.2. The lowest BCUT2D eigenvalue weighted by Gasteiger charge is -2.07. The summed E-state index contributed by atoms with van der Waals surface area (Å²) in [5.41, 5.74) is 0.272.